The van der Waals surface area contributed by atoms with Crippen LogP contribution < -0.4 is 15.0 Å². The third-order valence-electron chi connectivity index (χ3n) is 3.84. The maximum atomic E-state index is 12.1. The minimum Gasteiger partial charge on any atom is -0.477 e. The van der Waals surface area contributed by atoms with Crippen LogP contribution in [0.2, 0.25) is 5.02 Å². The van der Waals surface area contributed by atoms with Gasteiger partial charge in [0.25, 0.3) is 16.0 Å². The van der Waals surface area contributed by atoms with Gasteiger partial charge >= 0.3 is 0 Å². The van der Waals surface area contributed by atoms with Crippen LogP contribution in [0.4, 0.5) is 0 Å². The van der Waals surface area contributed by atoms with Crippen LogP contribution in [0.25, 0.3) is 11.0 Å². The number of nitrogens with zero attached hydrogens (tertiary/aromatic N) is 2. The van der Waals surface area contributed by atoms with Crippen LogP contribution in [0.5, 0.6) is 17.4 Å². The molecule has 0 aliphatic rings. The van der Waals surface area contributed by atoms with Gasteiger partial charge in [-0.25, -0.2) is 15.4 Å². The number of hydroxylamine groups is 1. The van der Waals surface area contributed by atoms with Crippen molar-refractivity contribution in [3.05, 3.63) is 53.7 Å². The van der Waals surface area contributed by atoms with Crippen LogP contribution in [0.15, 0.2) is 48.7 Å². The first-order valence-electron chi connectivity index (χ1n) is 8.84. The van der Waals surface area contributed by atoms with Crippen LogP contribution in [-0.2, 0) is 19.2 Å². The maximum Gasteiger partial charge on any atom is 0.287 e. The number of aromatic nitrogens is 2. The van der Waals surface area contributed by atoms with Crippen molar-refractivity contribution in [3.63, 3.8) is 0 Å². The highest BCUT2D eigenvalue weighted by atomic mass is 35.5. The van der Waals surface area contributed by atoms with Gasteiger partial charge < -0.3 is 9.47 Å². The lowest BCUT2D eigenvalue weighted by Crippen LogP contribution is -2.38. The number of ether oxygens (including phenoxy) is 2. The van der Waals surface area contributed by atoms with Gasteiger partial charge in [-0.05, 0) is 44.2 Å². The largest absolute Gasteiger partial charge is 0.477 e. The van der Waals surface area contributed by atoms with Gasteiger partial charge in [0.2, 0.25) is 5.88 Å². The summed E-state index contributed by atoms with van der Waals surface area (Å²) in [6.45, 7) is 2.82. The molecule has 1 heterocycles. The second-order valence-electron chi connectivity index (χ2n) is 6.05. The van der Waals surface area contributed by atoms with Gasteiger partial charge in [-0.2, -0.15) is 8.42 Å². The molecule has 1 unspecified atom stereocenters. The molecule has 1 N–H and O–H groups in total. The summed E-state index contributed by atoms with van der Waals surface area (Å²) in [6, 6.07) is 11.7. The van der Waals surface area contributed by atoms with Crippen molar-refractivity contribution in [2.45, 2.75) is 20.0 Å². The summed E-state index contributed by atoms with van der Waals surface area (Å²) in [5, 5.41) is 0.518. The van der Waals surface area contributed by atoms with E-state index in [0.29, 0.717) is 16.1 Å². The van der Waals surface area contributed by atoms with Gasteiger partial charge in [0.15, 0.2) is 17.6 Å². The van der Waals surface area contributed by atoms with Gasteiger partial charge in [-0.15, -0.1) is 4.28 Å². The second-order valence-corrected chi connectivity index (χ2v) is 8.34. The fourth-order valence-electron chi connectivity index (χ4n) is 2.25. The zero-order chi connectivity index (χ0) is 21.7. The number of fused-ring (bicyclic) bond motifs is 1. The number of hydrogen-bond donors (Lipinski definition) is 1. The van der Waals surface area contributed by atoms with Crippen molar-refractivity contribution in [2.75, 3.05) is 5.75 Å². The van der Waals surface area contributed by atoms with Crippen molar-refractivity contribution >= 4 is 38.7 Å². The Labute approximate surface area is 178 Å². The van der Waals surface area contributed by atoms with Gasteiger partial charge in [0, 0.05) is 5.02 Å². The number of carbonyl (C=O) groups excluding carboxylic acids is 1. The average molecular weight is 452 g/mol. The fourth-order valence-corrected chi connectivity index (χ4v) is 2.75. The van der Waals surface area contributed by atoms with Crippen LogP contribution in [0.1, 0.15) is 13.8 Å². The molecule has 0 saturated heterocycles. The van der Waals surface area contributed by atoms with Gasteiger partial charge in [-0.3, -0.25) is 4.79 Å². The molecular formula is C19H18ClN3O6S. The summed E-state index contributed by atoms with van der Waals surface area (Å²) in [4.78, 5) is 20.7. The van der Waals surface area contributed by atoms with E-state index in [0.717, 1.165) is 0 Å². The molecule has 3 aromatic rings. The zero-order valence-electron chi connectivity index (χ0n) is 16.0. The summed E-state index contributed by atoms with van der Waals surface area (Å²) in [5.41, 5.74) is 3.07. The number of para-hydroxylation sites is 2. The first-order chi connectivity index (χ1) is 14.3. The summed E-state index contributed by atoms with van der Waals surface area (Å²) in [7, 11) is -3.83. The SMILES string of the molecule is CCS(=O)(=O)ONC(=O)C(C)Oc1ccccc1Oc1cnc2ccc(Cl)cc2n1. The molecule has 30 heavy (non-hydrogen) atoms. The predicted molar refractivity (Wildman–Crippen MR) is 110 cm³/mol. The summed E-state index contributed by atoms with van der Waals surface area (Å²) in [5.74, 6) is -0.323. The van der Waals surface area contributed by atoms with E-state index in [1.165, 1.54) is 20.0 Å². The highest BCUT2D eigenvalue weighted by Crippen LogP contribution is 2.31. The van der Waals surface area contributed by atoms with Crippen LogP contribution in [-0.4, -0.2) is 36.1 Å². The quantitative estimate of drug-likeness (QED) is 0.519. The Balaban J connectivity index is 1.73. The molecule has 1 amide bonds. The molecule has 0 radical (unpaired) electrons. The van der Waals surface area contributed by atoms with E-state index in [-0.39, 0.29) is 23.1 Å². The molecule has 9 nitrogen and oxygen atoms in total. The van der Waals surface area contributed by atoms with Crippen molar-refractivity contribution in [1.29, 1.82) is 0 Å². The number of nitrogens with one attached hydrogen (secondary N) is 1. The lowest BCUT2D eigenvalue weighted by molar-refractivity contribution is -0.133. The summed E-state index contributed by atoms with van der Waals surface area (Å²) < 4.78 is 38.5. The maximum absolute atomic E-state index is 12.1. The second kappa shape index (κ2) is 9.24. The molecule has 158 valence electrons. The van der Waals surface area contributed by atoms with Crippen molar-refractivity contribution in [2.24, 2.45) is 0 Å². The van der Waals surface area contributed by atoms with E-state index in [9.17, 15) is 13.2 Å². The van der Waals surface area contributed by atoms with E-state index in [1.54, 1.807) is 42.5 Å². The lowest BCUT2D eigenvalue weighted by atomic mass is 10.3. The number of hydrogen-bond acceptors (Lipinski definition) is 8. The Hall–Kier alpha value is -2.95. The highest BCUT2D eigenvalue weighted by molar-refractivity contribution is 7.86. The number of amides is 1. The molecule has 11 heteroatoms. The molecule has 0 bridgehead atoms. The van der Waals surface area contributed by atoms with E-state index < -0.39 is 22.1 Å². The molecule has 0 saturated carbocycles. The minimum absolute atomic E-state index is 0.204. The van der Waals surface area contributed by atoms with E-state index in [4.69, 9.17) is 21.1 Å². The Morgan fingerprint density at radius 2 is 1.90 bits per heavy atom. The van der Waals surface area contributed by atoms with E-state index >= 15 is 0 Å². The molecular weight excluding hydrogens is 434 g/mol. The van der Waals surface area contributed by atoms with Gasteiger partial charge in [-0.1, -0.05) is 23.7 Å². The van der Waals surface area contributed by atoms with E-state index in [2.05, 4.69) is 14.3 Å². The van der Waals surface area contributed by atoms with Crippen LogP contribution >= 0.6 is 11.6 Å². The monoisotopic (exact) mass is 451 g/mol. The normalized spacial score (nSPS) is 12.4. The molecule has 1 aromatic heterocycles. The van der Waals surface area contributed by atoms with E-state index in [1.807, 2.05) is 5.48 Å². The molecule has 2 aromatic carbocycles. The predicted octanol–water partition coefficient (Wildman–Crippen LogP) is 3.24. The number of carbonyl (C=O) groups is 1. The molecule has 3 rings (SSSR count). The number of halogens is 1. The van der Waals surface area contributed by atoms with Crippen molar-refractivity contribution in [1.82, 2.24) is 15.4 Å². The third kappa shape index (κ3) is 5.56. The van der Waals surface area contributed by atoms with Crippen LogP contribution in [0.3, 0.4) is 0 Å². The summed E-state index contributed by atoms with van der Waals surface area (Å²) >= 11 is 5.99. The molecule has 0 aliphatic carbocycles. The Kier molecular flexibility index (Phi) is 6.70. The van der Waals surface area contributed by atoms with Crippen molar-refractivity contribution < 1.29 is 27.0 Å². The average Bonchev–Trinajstić information content (AvgIpc) is 2.73. The Morgan fingerprint density at radius 3 is 2.63 bits per heavy atom. The molecule has 1 atom stereocenters. The Bertz CT molecular complexity index is 1170. The number of rotatable bonds is 8. The van der Waals surface area contributed by atoms with Crippen molar-refractivity contribution in [3.8, 4) is 17.4 Å². The van der Waals surface area contributed by atoms with Gasteiger partial charge in [0.1, 0.15) is 0 Å². The highest BCUT2D eigenvalue weighted by Gasteiger charge is 2.20. The molecule has 0 spiro atoms. The number of benzene rings is 2. The Morgan fingerprint density at radius 1 is 1.17 bits per heavy atom. The minimum atomic E-state index is -3.83. The topological polar surface area (TPSA) is 117 Å². The first kappa shape index (κ1) is 21.8. The molecule has 0 fully saturated rings. The van der Waals surface area contributed by atoms with Crippen LogP contribution in [0, 0.1) is 0 Å². The first-order valence-corrected chi connectivity index (χ1v) is 10.8. The summed E-state index contributed by atoms with van der Waals surface area (Å²) in [6.07, 6.45) is 0.385. The van der Waals surface area contributed by atoms with Gasteiger partial charge in [0.05, 0.1) is 23.0 Å². The third-order valence-corrected chi connectivity index (χ3v) is 5.12. The zero-order valence-corrected chi connectivity index (χ0v) is 17.6. The fraction of sp³-hybridized carbons (Fsp3) is 0.211. The smallest absolute Gasteiger partial charge is 0.287 e. The lowest BCUT2D eigenvalue weighted by Gasteiger charge is -2.16. The molecule has 0 aliphatic heterocycles. The standard InChI is InChI=1S/C19H18ClN3O6S/c1-3-30(25,26)29-23-19(24)12(2)27-16-6-4-5-7-17(16)28-18-11-21-14-9-8-13(20)10-15(14)22-18/h4-12H,3H2,1-2H3,(H,23,24).